The molecular formula is C44H62O13. The molecule has 6 bridgehead atoms. The third-order valence-corrected chi connectivity index (χ3v) is 13.3. The summed E-state index contributed by atoms with van der Waals surface area (Å²) in [7, 11) is 2.85. The second kappa shape index (κ2) is 17.2. The molecule has 1 aromatic rings. The Morgan fingerprint density at radius 2 is 1.61 bits per heavy atom. The first-order valence-electron chi connectivity index (χ1n) is 20.5. The van der Waals surface area contributed by atoms with E-state index in [1.165, 1.54) is 13.2 Å². The Morgan fingerprint density at radius 3 is 2.28 bits per heavy atom. The number of hydrogen-bond acceptors (Lipinski definition) is 13. The monoisotopic (exact) mass is 798 g/mol. The second-order valence-corrected chi connectivity index (χ2v) is 17.5. The fraction of sp³-hybridized carbons (Fsp3) is 0.705. The van der Waals surface area contributed by atoms with Gasteiger partial charge in [-0.05, 0) is 70.6 Å². The van der Waals surface area contributed by atoms with Crippen molar-refractivity contribution in [2.24, 2.45) is 29.6 Å². The van der Waals surface area contributed by atoms with E-state index in [-0.39, 0.29) is 44.5 Å². The number of ether oxygens (including phenoxy) is 7. The minimum absolute atomic E-state index is 0.145. The first-order valence-corrected chi connectivity index (χ1v) is 20.5. The largest absolute Gasteiger partial charge is 0.497 e. The van der Waals surface area contributed by atoms with E-state index in [1.54, 1.807) is 14.0 Å². The number of methoxy groups -OCH3 is 2. The Balaban J connectivity index is 1.44. The van der Waals surface area contributed by atoms with Crippen LogP contribution in [0.3, 0.4) is 0 Å². The molecule has 1 aromatic carbocycles. The smallest absolute Gasteiger partial charge is 0.330 e. The average Bonchev–Trinajstić information content (AvgIpc) is 3.16. The predicted molar refractivity (Wildman–Crippen MR) is 206 cm³/mol. The van der Waals surface area contributed by atoms with Crippen LogP contribution in [0.4, 0.5) is 0 Å². The first-order chi connectivity index (χ1) is 26.9. The second-order valence-electron chi connectivity index (χ2n) is 17.5. The number of carbonyl (C=O) groups is 3. The first kappa shape index (κ1) is 43.4. The quantitative estimate of drug-likeness (QED) is 0.197. The Labute approximate surface area is 336 Å². The van der Waals surface area contributed by atoms with Crippen LogP contribution in [-0.4, -0.2) is 101 Å². The van der Waals surface area contributed by atoms with Crippen LogP contribution in [0.5, 0.6) is 5.75 Å². The molecule has 0 unspecified atom stereocenters. The highest BCUT2D eigenvalue weighted by atomic mass is 16.7. The van der Waals surface area contributed by atoms with Gasteiger partial charge in [-0.1, -0.05) is 50.1 Å². The van der Waals surface area contributed by atoms with Gasteiger partial charge in [-0.25, -0.2) is 4.79 Å². The zero-order valence-electron chi connectivity index (χ0n) is 34.6. The van der Waals surface area contributed by atoms with Crippen LogP contribution < -0.4 is 4.74 Å². The van der Waals surface area contributed by atoms with Gasteiger partial charge < -0.3 is 48.5 Å². The van der Waals surface area contributed by atoms with Crippen molar-refractivity contribution < 1.29 is 62.9 Å². The molecule has 6 rings (SSSR count). The van der Waals surface area contributed by atoms with Crippen LogP contribution in [-0.2, 0) is 49.4 Å². The zero-order valence-corrected chi connectivity index (χ0v) is 34.6. The number of fused-ring (bicyclic) bond motifs is 8. The lowest BCUT2D eigenvalue weighted by atomic mass is 9.58. The van der Waals surface area contributed by atoms with Crippen LogP contribution in [0, 0.1) is 29.6 Å². The van der Waals surface area contributed by atoms with E-state index in [9.17, 15) is 29.7 Å². The van der Waals surface area contributed by atoms with E-state index in [2.05, 4.69) is 0 Å². The normalized spacial score (nSPS) is 42.0. The number of carbonyl (C=O) groups excluding carboxylic acids is 3. The Kier molecular flexibility index (Phi) is 13.1. The van der Waals surface area contributed by atoms with Crippen molar-refractivity contribution >= 4 is 17.7 Å². The van der Waals surface area contributed by atoms with Gasteiger partial charge >= 0.3 is 11.9 Å². The molecule has 14 atom stereocenters. The molecule has 5 fully saturated rings. The van der Waals surface area contributed by atoms with E-state index < -0.39 is 95.3 Å². The number of aliphatic hydroxyl groups is 3. The summed E-state index contributed by atoms with van der Waals surface area (Å²) in [5.41, 5.74) is 0.742. The number of Topliss-reactive ketones (excluding diaryl/α,β-unsaturated/α-hetero) is 1. The molecule has 5 aliphatic rings. The van der Waals surface area contributed by atoms with Gasteiger partial charge in [0.1, 0.15) is 29.5 Å². The fourth-order valence-corrected chi connectivity index (χ4v) is 9.71. The maximum Gasteiger partial charge on any atom is 0.330 e. The van der Waals surface area contributed by atoms with Gasteiger partial charge in [0.15, 0.2) is 11.6 Å². The van der Waals surface area contributed by atoms with Crippen LogP contribution >= 0.6 is 0 Å². The molecule has 4 aliphatic heterocycles. The summed E-state index contributed by atoms with van der Waals surface area (Å²) in [5.74, 6) is -8.95. The van der Waals surface area contributed by atoms with Crippen LogP contribution in [0.2, 0.25) is 0 Å². The van der Waals surface area contributed by atoms with Gasteiger partial charge in [-0.3, -0.25) is 9.59 Å². The molecule has 13 heteroatoms. The standard InChI is InChI=1S/C44H62O13/c1-24(2)17-32-20-35-26(4)37(54-32)22-44(50)40-39(46)25(3)15-16-42(40,48)27(5)33(56-44)13-14-34(53-23-29-9-11-31(51-7)12-10-29)36-18-30(19-38(45)52-8)21-43(49,57-36)28(6)41(47)55-35/h9-12,17,19,25-28,32-37,40,48-50H,13-16,18,20-23H2,1-8H3/b30-19-/t25-,26+,27-,28-,32-,33-,34-,35+,36-,37+,40-,42-,43+,44+/m1/s1. The SMILES string of the molecule is COC(=O)/C=C1/C[C@H]2O[C@@](O)(C1)[C@H](C)C(=O)O[C@H]1C[C@@H](C=C(C)C)O[C@@H](C[C@]3(O)O[C@H](CC[C@H]2OCc2ccc(OC)cc2)[C@@H](C)[C@]2(O)CC[C@@H](C)C(=O)[C@H]23)[C@H]1C. The number of allylic oxidation sites excluding steroid dienone is 1. The minimum Gasteiger partial charge on any atom is -0.497 e. The number of hydrogen-bond donors (Lipinski definition) is 3. The molecule has 0 radical (unpaired) electrons. The fourth-order valence-electron chi connectivity index (χ4n) is 9.71. The highest BCUT2D eigenvalue weighted by molar-refractivity contribution is 5.86. The van der Waals surface area contributed by atoms with Crippen molar-refractivity contribution in [2.75, 3.05) is 14.2 Å². The van der Waals surface area contributed by atoms with E-state index in [4.69, 9.17) is 33.2 Å². The molecular weight excluding hydrogens is 736 g/mol. The molecule has 1 aliphatic carbocycles. The highest BCUT2D eigenvalue weighted by Crippen LogP contribution is 2.54. The van der Waals surface area contributed by atoms with Gasteiger partial charge in [0.2, 0.25) is 0 Å². The molecule has 4 saturated heterocycles. The summed E-state index contributed by atoms with van der Waals surface area (Å²) in [4.78, 5) is 40.9. The van der Waals surface area contributed by atoms with E-state index >= 15 is 0 Å². The summed E-state index contributed by atoms with van der Waals surface area (Å²) in [6.07, 6.45) is 0.429. The number of esters is 2. The van der Waals surface area contributed by atoms with Gasteiger partial charge in [-0.2, -0.15) is 0 Å². The van der Waals surface area contributed by atoms with Gasteiger partial charge in [0, 0.05) is 43.1 Å². The summed E-state index contributed by atoms with van der Waals surface area (Å²) in [6.45, 7) is 11.1. The van der Waals surface area contributed by atoms with Gasteiger partial charge in [0.05, 0.1) is 56.9 Å². The summed E-state index contributed by atoms with van der Waals surface area (Å²) in [5, 5.41) is 37.7. The average molecular weight is 799 g/mol. The summed E-state index contributed by atoms with van der Waals surface area (Å²) in [6, 6.07) is 7.39. The maximum absolute atomic E-state index is 14.2. The number of rotatable bonds is 6. The lowest BCUT2D eigenvalue weighted by Gasteiger charge is -2.58. The Bertz CT molecular complexity index is 1690. The molecule has 316 valence electrons. The van der Waals surface area contributed by atoms with Crippen molar-refractivity contribution in [2.45, 2.75) is 153 Å². The number of ketones is 1. The van der Waals surface area contributed by atoms with Crippen molar-refractivity contribution in [3.8, 4) is 5.75 Å². The van der Waals surface area contributed by atoms with Crippen LogP contribution in [0.1, 0.15) is 98.5 Å². The molecule has 0 amide bonds. The highest BCUT2D eigenvalue weighted by Gasteiger charge is 2.66. The van der Waals surface area contributed by atoms with Gasteiger partial charge in [-0.15, -0.1) is 0 Å². The lowest BCUT2D eigenvalue weighted by Crippen LogP contribution is -2.70. The van der Waals surface area contributed by atoms with Crippen molar-refractivity contribution in [3.63, 3.8) is 0 Å². The predicted octanol–water partition coefficient (Wildman–Crippen LogP) is 5.11. The maximum atomic E-state index is 14.2. The van der Waals surface area contributed by atoms with Crippen molar-refractivity contribution in [1.82, 2.24) is 0 Å². The zero-order chi connectivity index (χ0) is 41.4. The molecule has 4 heterocycles. The van der Waals surface area contributed by atoms with Gasteiger partial charge in [0.25, 0.3) is 0 Å². The van der Waals surface area contributed by atoms with Crippen molar-refractivity contribution in [3.05, 3.63) is 53.1 Å². The van der Waals surface area contributed by atoms with Crippen LogP contribution in [0.15, 0.2) is 47.6 Å². The third-order valence-electron chi connectivity index (χ3n) is 13.3. The molecule has 3 N–H and O–H groups in total. The molecule has 13 nitrogen and oxygen atoms in total. The third kappa shape index (κ3) is 9.05. The van der Waals surface area contributed by atoms with E-state index in [0.29, 0.717) is 30.6 Å². The summed E-state index contributed by atoms with van der Waals surface area (Å²) >= 11 is 0. The summed E-state index contributed by atoms with van der Waals surface area (Å²) < 4.78 is 43.0. The topological polar surface area (TPSA) is 177 Å². The molecule has 57 heavy (non-hydrogen) atoms. The van der Waals surface area contributed by atoms with E-state index in [0.717, 1.165) is 11.1 Å². The lowest BCUT2D eigenvalue weighted by molar-refractivity contribution is -0.355. The van der Waals surface area contributed by atoms with Crippen molar-refractivity contribution in [1.29, 1.82) is 0 Å². The minimum atomic E-state index is -2.11. The molecule has 1 saturated carbocycles. The Hall–Kier alpha value is -3.17. The number of benzene rings is 1. The molecule has 0 spiro atoms. The molecule has 0 aromatic heterocycles. The van der Waals surface area contributed by atoms with Crippen LogP contribution in [0.25, 0.3) is 0 Å². The Morgan fingerprint density at radius 1 is 0.912 bits per heavy atom. The van der Waals surface area contributed by atoms with E-state index in [1.807, 2.05) is 65.0 Å².